The number of rotatable bonds is 6. The average molecular weight is 608 g/mol. The number of hydrogen-bond acceptors (Lipinski definition) is 6. The van der Waals surface area contributed by atoms with Crippen molar-refractivity contribution in [1.29, 1.82) is 0 Å². The summed E-state index contributed by atoms with van der Waals surface area (Å²) in [6.07, 6.45) is 0. The van der Waals surface area contributed by atoms with Crippen molar-refractivity contribution in [1.82, 2.24) is 0 Å². The summed E-state index contributed by atoms with van der Waals surface area (Å²) in [6, 6.07) is 25.7. The van der Waals surface area contributed by atoms with Crippen LogP contribution >= 0.6 is 31.9 Å². The van der Waals surface area contributed by atoms with Gasteiger partial charge in [0, 0.05) is 31.2 Å². The van der Waals surface area contributed by atoms with Crippen LogP contribution in [-0.2, 0) is 9.78 Å². The zero-order valence-electron chi connectivity index (χ0n) is 18.4. The smallest absolute Gasteiger partial charge is 0.289 e. The Hall–Kier alpha value is -3.88. The Kier molecular flexibility index (Phi) is 7.87. The predicted octanol–water partition coefficient (Wildman–Crippen LogP) is 6.60. The number of hydrogen-bond donors (Lipinski definition) is 0. The summed E-state index contributed by atoms with van der Waals surface area (Å²) in [7, 11) is 0. The van der Waals surface area contributed by atoms with Gasteiger partial charge in [-0.3, -0.25) is 9.59 Å². The third kappa shape index (κ3) is 5.67. The molecule has 0 heterocycles. The zero-order valence-corrected chi connectivity index (χ0v) is 21.6. The fourth-order valence-electron chi connectivity index (χ4n) is 3.42. The van der Waals surface area contributed by atoms with Gasteiger partial charge in [-0.1, -0.05) is 92.5 Å². The number of carbonyl (C=O) groups excluding carboxylic acids is 4. The Bertz CT molecular complexity index is 1350. The quantitative estimate of drug-likeness (QED) is 0.139. The molecule has 0 aliphatic carbocycles. The lowest BCUT2D eigenvalue weighted by Gasteiger charge is -2.10. The van der Waals surface area contributed by atoms with Crippen molar-refractivity contribution < 1.29 is 29.0 Å². The maximum atomic E-state index is 13.0. The van der Waals surface area contributed by atoms with Gasteiger partial charge >= 0.3 is 11.9 Å². The normalized spacial score (nSPS) is 10.4. The van der Waals surface area contributed by atoms with Crippen molar-refractivity contribution >= 4 is 55.4 Å². The SMILES string of the molecule is O=C(OOC(=O)c1ccc(Br)cc1C(=O)c1ccccc1)c1ccc(Br)cc1C(=O)c1ccccc1. The van der Waals surface area contributed by atoms with Crippen LogP contribution in [0.3, 0.4) is 0 Å². The van der Waals surface area contributed by atoms with E-state index in [0.29, 0.717) is 20.1 Å². The van der Waals surface area contributed by atoms with Crippen LogP contribution in [0.25, 0.3) is 0 Å². The van der Waals surface area contributed by atoms with Crippen LogP contribution < -0.4 is 0 Å². The fourth-order valence-corrected chi connectivity index (χ4v) is 4.14. The third-order valence-corrected chi connectivity index (χ3v) is 6.14. The Balaban J connectivity index is 1.56. The minimum Gasteiger partial charge on any atom is -0.289 e. The lowest BCUT2D eigenvalue weighted by atomic mass is 9.98. The second kappa shape index (κ2) is 11.2. The second-order valence-electron chi connectivity index (χ2n) is 7.51. The first-order valence-electron chi connectivity index (χ1n) is 10.6. The second-order valence-corrected chi connectivity index (χ2v) is 9.34. The number of ketones is 2. The van der Waals surface area contributed by atoms with Crippen LogP contribution in [0.5, 0.6) is 0 Å². The highest BCUT2D eigenvalue weighted by Gasteiger charge is 2.25. The average Bonchev–Trinajstić information content (AvgIpc) is 2.91. The molecule has 0 unspecified atom stereocenters. The highest BCUT2D eigenvalue weighted by atomic mass is 79.9. The third-order valence-electron chi connectivity index (χ3n) is 5.16. The molecule has 4 rings (SSSR count). The van der Waals surface area contributed by atoms with Gasteiger partial charge in [-0.2, -0.15) is 0 Å². The minimum absolute atomic E-state index is 0.0696. The summed E-state index contributed by atoms with van der Waals surface area (Å²) in [4.78, 5) is 61.2. The summed E-state index contributed by atoms with van der Waals surface area (Å²) >= 11 is 6.60. The Morgan fingerprint density at radius 2 is 0.833 bits per heavy atom. The molecule has 4 aromatic carbocycles. The van der Waals surface area contributed by atoms with Gasteiger partial charge in [0.2, 0.25) is 0 Å². The molecule has 8 heteroatoms. The molecule has 178 valence electrons. The van der Waals surface area contributed by atoms with E-state index in [4.69, 9.17) is 9.78 Å². The molecule has 4 aromatic rings. The molecule has 0 spiro atoms. The molecule has 0 aromatic heterocycles. The molecule has 0 aliphatic heterocycles. The van der Waals surface area contributed by atoms with E-state index in [2.05, 4.69) is 31.9 Å². The molecule has 0 aliphatic rings. The van der Waals surface area contributed by atoms with E-state index in [1.807, 2.05) is 0 Å². The van der Waals surface area contributed by atoms with Crippen LogP contribution in [0.1, 0.15) is 52.6 Å². The summed E-state index contributed by atoms with van der Waals surface area (Å²) in [5.41, 5.74) is 0.717. The summed E-state index contributed by atoms with van der Waals surface area (Å²) in [6.45, 7) is 0. The number of halogens is 2. The first kappa shape index (κ1) is 25.2. The zero-order chi connectivity index (χ0) is 25.7. The van der Waals surface area contributed by atoms with Gasteiger partial charge < -0.3 is 0 Å². The lowest BCUT2D eigenvalue weighted by Crippen LogP contribution is -2.17. The molecule has 6 nitrogen and oxygen atoms in total. The van der Waals surface area contributed by atoms with Crippen molar-refractivity contribution in [3.05, 3.63) is 139 Å². The molecular weight excluding hydrogens is 592 g/mol. The highest BCUT2D eigenvalue weighted by Crippen LogP contribution is 2.23. The molecule has 0 bridgehead atoms. The molecule has 0 fully saturated rings. The first-order chi connectivity index (χ1) is 17.3. The summed E-state index contributed by atoms with van der Waals surface area (Å²) in [5.74, 6) is -2.89. The molecule has 0 saturated carbocycles. The molecule has 36 heavy (non-hydrogen) atoms. The molecule has 0 radical (unpaired) electrons. The first-order valence-corrected chi connectivity index (χ1v) is 12.2. The fraction of sp³-hybridized carbons (Fsp3) is 0. The van der Waals surface area contributed by atoms with Gasteiger partial charge in [0.1, 0.15) is 0 Å². The van der Waals surface area contributed by atoms with Gasteiger partial charge in [-0.25, -0.2) is 19.4 Å². The van der Waals surface area contributed by atoms with E-state index in [1.54, 1.807) is 72.8 Å². The molecular formula is C28H16Br2O6. The number of benzene rings is 4. The van der Waals surface area contributed by atoms with Gasteiger partial charge in [-0.15, -0.1) is 0 Å². The topological polar surface area (TPSA) is 86.7 Å². The largest absolute Gasteiger partial charge is 0.387 e. The lowest BCUT2D eigenvalue weighted by molar-refractivity contribution is -0.187. The van der Waals surface area contributed by atoms with E-state index in [-0.39, 0.29) is 22.3 Å². The van der Waals surface area contributed by atoms with Crippen LogP contribution in [0.2, 0.25) is 0 Å². The molecule has 0 atom stereocenters. The minimum atomic E-state index is -1.04. The highest BCUT2D eigenvalue weighted by molar-refractivity contribution is 9.10. The summed E-state index contributed by atoms with van der Waals surface area (Å²) in [5, 5.41) is 0. The molecule has 0 saturated heterocycles. The van der Waals surface area contributed by atoms with Gasteiger partial charge in [0.25, 0.3) is 0 Å². The van der Waals surface area contributed by atoms with Gasteiger partial charge in [-0.05, 0) is 36.4 Å². The maximum Gasteiger partial charge on any atom is 0.387 e. The van der Waals surface area contributed by atoms with E-state index in [0.717, 1.165) is 0 Å². The predicted molar refractivity (Wildman–Crippen MR) is 139 cm³/mol. The van der Waals surface area contributed by atoms with Crippen LogP contribution in [-0.4, -0.2) is 23.5 Å². The molecule has 0 amide bonds. The van der Waals surface area contributed by atoms with Crippen LogP contribution in [0.4, 0.5) is 0 Å². The van der Waals surface area contributed by atoms with E-state index >= 15 is 0 Å². The van der Waals surface area contributed by atoms with Gasteiger partial charge in [0.05, 0.1) is 11.1 Å². The van der Waals surface area contributed by atoms with Crippen molar-refractivity contribution in [3.63, 3.8) is 0 Å². The van der Waals surface area contributed by atoms with E-state index in [9.17, 15) is 19.2 Å². The Labute approximate surface area is 223 Å². The van der Waals surface area contributed by atoms with Crippen LogP contribution in [0.15, 0.2) is 106 Å². The van der Waals surface area contributed by atoms with Gasteiger partial charge in [0.15, 0.2) is 11.6 Å². The van der Waals surface area contributed by atoms with Crippen molar-refractivity contribution in [2.45, 2.75) is 0 Å². The Morgan fingerprint density at radius 3 is 1.19 bits per heavy atom. The van der Waals surface area contributed by atoms with E-state index in [1.165, 1.54) is 24.3 Å². The van der Waals surface area contributed by atoms with Crippen molar-refractivity contribution in [2.24, 2.45) is 0 Å². The van der Waals surface area contributed by atoms with E-state index < -0.39 is 23.5 Å². The van der Waals surface area contributed by atoms with Crippen molar-refractivity contribution in [2.75, 3.05) is 0 Å². The van der Waals surface area contributed by atoms with Crippen LogP contribution in [0, 0.1) is 0 Å². The number of carbonyl (C=O) groups is 4. The maximum absolute atomic E-state index is 13.0. The summed E-state index contributed by atoms with van der Waals surface area (Å²) < 4.78 is 1.16. The monoisotopic (exact) mass is 606 g/mol. The Morgan fingerprint density at radius 1 is 0.472 bits per heavy atom. The van der Waals surface area contributed by atoms with Crippen molar-refractivity contribution in [3.8, 4) is 0 Å². The standard InChI is InChI=1S/C28H16Br2O6/c29-19-11-13-21(23(15-19)25(31)17-7-3-1-4-8-17)27(33)35-36-28(34)22-14-12-20(30)16-24(22)26(32)18-9-5-2-6-10-18/h1-16H. The molecule has 0 N–H and O–H groups in total.